The predicted molar refractivity (Wildman–Crippen MR) is 72.6 cm³/mol. The number of hydrogen-bond donors (Lipinski definition) is 1. The van der Waals surface area contributed by atoms with Gasteiger partial charge in [-0.2, -0.15) is 0 Å². The number of amides is 1. The molecule has 0 atom stereocenters. The fourth-order valence-electron chi connectivity index (χ4n) is 0.928. The van der Waals surface area contributed by atoms with E-state index in [0.717, 1.165) is 31.6 Å². The highest BCUT2D eigenvalue weighted by Gasteiger charge is 2.09. The second kappa shape index (κ2) is 6.07. The van der Waals surface area contributed by atoms with Gasteiger partial charge in [0.25, 0.3) is 5.91 Å². The fraction of sp³-hybridized carbons (Fsp3) is 0.444. The molecule has 5 heteroatoms. The van der Waals surface area contributed by atoms with Gasteiger partial charge in [0.2, 0.25) is 0 Å². The molecule has 78 valence electrons. The molecule has 0 radical (unpaired) electrons. The molecule has 0 spiro atoms. The van der Waals surface area contributed by atoms with E-state index in [4.69, 9.17) is 0 Å². The SMILES string of the molecule is Cc1cc(C(=O)NCCCI)sc1Br. The van der Waals surface area contributed by atoms with Gasteiger partial charge in [0.1, 0.15) is 0 Å². The zero-order chi connectivity index (χ0) is 10.6. The van der Waals surface area contributed by atoms with Gasteiger partial charge in [-0.15, -0.1) is 11.3 Å². The van der Waals surface area contributed by atoms with Crippen LogP contribution in [0.4, 0.5) is 0 Å². The van der Waals surface area contributed by atoms with Gasteiger partial charge in [0.05, 0.1) is 8.66 Å². The Kier molecular flexibility index (Phi) is 5.40. The molecule has 0 saturated heterocycles. The summed E-state index contributed by atoms with van der Waals surface area (Å²) in [4.78, 5) is 12.3. The average molecular weight is 388 g/mol. The van der Waals surface area contributed by atoms with Crippen LogP contribution < -0.4 is 5.32 Å². The summed E-state index contributed by atoms with van der Waals surface area (Å²) in [7, 11) is 0. The van der Waals surface area contributed by atoms with Crippen molar-refractivity contribution in [2.45, 2.75) is 13.3 Å². The standard InChI is InChI=1S/C9H11BrINOS/c1-6-5-7(14-8(6)10)9(13)12-4-2-3-11/h5H,2-4H2,1H3,(H,12,13). The van der Waals surface area contributed by atoms with Crippen molar-refractivity contribution < 1.29 is 4.79 Å². The van der Waals surface area contributed by atoms with Gasteiger partial charge in [0.15, 0.2) is 0 Å². The molecule has 1 amide bonds. The topological polar surface area (TPSA) is 29.1 Å². The zero-order valence-corrected chi connectivity index (χ0v) is 12.3. The summed E-state index contributed by atoms with van der Waals surface area (Å²) in [5.74, 6) is 0.0358. The number of hydrogen-bond acceptors (Lipinski definition) is 2. The summed E-state index contributed by atoms with van der Waals surface area (Å²) < 4.78 is 2.11. The number of rotatable bonds is 4. The molecule has 0 aromatic carbocycles. The Morgan fingerprint density at radius 1 is 1.71 bits per heavy atom. The van der Waals surface area contributed by atoms with E-state index in [1.54, 1.807) is 0 Å². The molecule has 0 aliphatic heterocycles. The molecule has 2 nitrogen and oxygen atoms in total. The van der Waals surface area contributed by atoms with Gasteiger partial charge in [-0.05, 0) is 40.9 Å². The summed E-state index contributed by atoms with van der Waals surface area (Å²) in [6.07, 6.45) is 1.03. The third-order valence-corrected chi connectivity index (χ3v) is 4.58. The van der Waals surface area contributed by atoms with Crippen molar-refractivity contribution >= 4 is 55.8 Å². The first-order valence-electron chi connectivity index (χ1n) is 4.25. The van der Waals surface area contributed by atoms with Crippen LogP contribution in [0, 0.1) is 6.92 Å². The van der Waals surface area contributed by atoms with Crippen LogP contribution in [0.2, 0.25) is 0 Å². The van der Waals surface area contributed by atoms with Crippen molar-refractivity contribution in [3.05, 3.63) is 20.3 Å². The summed E-state index contributed by atoms with van der Waals surface area (Å²) in [6, 6.07) is 1.91. The van der Waals surface area contributed by atoms with Crippen LogP contribution in [0.3, 0.4) is 0 Å². The Labute approximate surface area is 110 Å². The van der Waals surface area contributed by atoms with E-state index < -0.39 is 0 Å². The Hall–Kier alpha value is 0.380. The van der Waals surface area contributed by atoms with Gasteiger partial charge in [0, 0.05) is 11.0 Å². The third kappa shape index (κ3) is 3.51. The van der Waals surface area contributed by atoms with E-state index >= 15 is 0 Å². The Morgan fingerprint density at radius 2 is 2.43 bits per heavy atom. The van der Waals surface area contributed by atoms with Gasteiger partial charge >= 0.3 is 0 Å². The maximum atomic E-state index is 11.6. The molecule has 1 rings (SSSR count). The second-order valence-corrected chi connectivity index (χ2v) is 6.31. The number of carbonyl (C=O) groups is 1. The summed E-state index contributed by atoms with van der Waals surface area (Å²) in [5, 5.41) is 2.89. The van der Waals surface area contributed by atoms with Gasteiger partial charge < -0.3 is 5.32 Å². The molecule has 1 N–H and O–H groups in total. The van der Waals surface area contributed by atoms with Crippen LogP contribution in [0.25, 0.3) is 0 Å². The minimum absolute atomic E-state index is 0.0358. The van der Waals surface area contributed by atoms with Gasteiger partial charge in [-0.3, -0.25) is 4.79 Å². The van der Waals surface area contributed by atoms with Crippen LogP contribution >= 0.6 is 49.9 Å². The normalized spacial score (nSPS) is 10.2. The first kappa shape index (κ1) is 12.4. The first-order valence-corrected chi connectivity index (χ1v) is 7.38. The molecule has 1 aromatic rings. The maximum absolute atomic E-state index is 11.6. The minimum Gasteiger partial charge on any atom is -0.351 e. The number of aryl methyl sites for hydroxylation is 1. The number of thiophene rings is 1. The molecule has 0 bridgehead atoms. The lowest BCUT2D eigenvalue weighted by molar-refractivity contribution is 0.0958. The summed E-state index contributed by atoms with van der Waals surface area (Å²) >= 11 is 7.19. The van der Waals surface area contributed by atoms with E-state index in [2.05, 4.69) is 43.8 Å². The second-order valence-electron chi connectivity index (χ2n) is 2.87. The van der Waals surface area contributed by atoms with Crippen LogP contribution in [-0.4, -0.2) is 16.9 Å². The Balaban J connectivity index is 2.52. The summed E-state index contributed by atoms with van der Waals surface area (Å²) in [5.41, 5.74) is 1.12. The smallest absolute Gasteiger partial charge is 0.261 e. The molecular weight excluding hydrogens is 377 g/mol. The van der Waals surface area contributed by atoms with Gasteiger partial charge in [-0.25, -0.2) is 0 Å². The fourth-order valence-corrected chi connectivity index (χ4v) is 2.76. The van der Waals surface area contributed by atoms with Crippen molar-refractivity contribution in [1.29, 1.82) is 0 Å². The molecule has 0 aliphatic rings. The van der Waals surface area contributed by atoms with Gasteiger partial charge in [-0.1, -0.05) is 22.6 Å². The molecule has 1 heterocycles. The van der Waals surface area contributed by atoms with Crippen LogP contribution in [0.5, 0.6) is 0 Å². The van der Waals surface area contributed by atoms with Crippen molar-refractivity contribution in [3.8, 4) is 0 Å². The zero-order valence-electron chi connectivity index (χ0n) is 7.77. The quantitative estimate of drug-likeness (QED) is 0.479. The molecular formula is C9H11BrINOS. The lowest BCUT2D eigenvalue weighted by Crippen LogP contribution is -2.23. The molecule has 14 heavy (non-hydrogen) atoms. The lowest BCUT2D eigenvalue weighted by Gasteiger charge is -2.00. The van der Waals surface area contributed by atoms with Crippen LogP contribution in [-0.2, 0) is 0 Å². The minimum atomic E-state index is 0.0358. The van der Waals surface area contributed by atoms with Crippen LogP contribution in [0.15, 0.2) is 9.85 Å². The molecule has 0 aliphatic carbocycles. The van der Waals surface area contributed by atoms with Crippen molar-refractivity contribution in [1.82, 2.24) is 5.32 Å². The maximum Gasteiger partial charge on any atom is 0.261 e. The number of carbonyl (C=O) groups excluding carboxylic acids is 1. The van der Waals surface area contributed by atoms with E-state index in [1.165, 1.54) is 11.3 Å². The molecule has 0 saturated carbocycles. The average Bonchev–Trinajstić information content (AvgIpc) is 2.47. The number of halogens is 2. The highest BCUT2D eigenvalue weighted by atomic mass is 127. The van der Waals surface area contributed by atoms with Crippen molar-refractivity contribution in [2.24, 2.45) is 0 Å². The molecule has 1 aromatic heterocycles. The first-order chi connectivity index (χ1) is 6.65. The summed E-state index contributed by atoms with van der Waals surface area (Å²) in [6.45, 7) is 2.75. The Bertz CT molecular complexity index is 307. The highest BCUT2D eigenvalue weighted by molar-refractivity contribution is 14.1. The molecule has 0 unspecified atom stereocenters. The number of alkyl halides is 1. The monoisotopic (exact) mass is 387 g/mol. The third-order valence-electron chi connectivity index (χ3n) is 1.68. The van der Waals surface area contributed by atoms with Crippen molar-refractivity contribution in [2.75, 3.05) is 11.0 Å². The Morgan fingerprint density at radius 3 is 2.93 bits per heavy atom. The highest BCUT2D eigenvalue weighted by Crippen LogP contribution is 2.27. The number of nitrogens with one attached hydrogen (secondary N) is 1. The predicted octanol–water partition coefficient (Wildman–Crippen LogP) is 3.37. The molecule has 0 fully saturated rings. The lowest BCUT2D eigenvalue weighted by atomic mass is 10.3. The van der Waals surface area contributed by atoms with E-state index in [9.17, 15) is 4.79 Å². The van der Waals surface area contributed by atoms with E-state index in [1.807, 2.05) is 13.0 Å². The van der Waals surface area contributed by atoms with Crippen molar-refractivity contribution in [3.63, 3.8) is 0 Å². The van der Waals surface area contributed by atoms with Crippen LogP contribution in [0.1, 0.15) is 21.7 Å². The largest absolute Gasteiger partial charge is 0.351 e. The van der Waals surface area contributed by atoms with E-state index in [0.29, 0.717) is 0 Å². The van der Waals surface area contributed by atoms with E-state index in [-0.39, 0.29) is 5.91 Å².